The molecule has 3 atom stereocenters. The van der Waals surface area contributed by atoms with Crippen LogP contribution < -0.4 is 0 Å². The van der Waals surface area contributed by atoms with Crippen LogP contribution in [0, 0.1) is 17.8 Å². The van der Waals surface area contributed by atoms with E-state index in [2.05, 4.69) is 9.88 Å². The highest BCUT2D eigenvalue weighted by Gasteiger charge is 2.48. The van der Waals surface area contributed by atoms with Crippen LogP contribution in [0.15, 0.2) is 18.3 Å². The maximum Gasteiger partial charge on any atom is 0.341 e. The number of esters is 1. The summed E-state index contributed by atoms with van der Waals surface area (Å²) < 4.78 is 5.76. The topological polar surface area (TPSA) is 42.4 Å². The number of rotatable bonds is 2. The van der Waals surface area contributed by atoms with Crippen LogP contribution in [0.4, 0.5) is 0 Å². The number of nitrogens with zero attached hydrogens (tertiary/aromatic N) is 2. The second-order valence-corrected chi connectivity index (χ2v) is 6.71. The van der Waals surface area contributed by atoms with Gasteiger partial charge in [0.15, 0.2) is 6.23 Å². The minimum absolute atomic E-state index is 0.0361. The van der Waals surface area contributed by atoms with Gasteiger partial charge in [-0.15, -0.1) is 0 Å². The predicted molar refractivity (Wildman–Crippen MR) is 74.3 cm³/mol. The fraction of sp³-hybridized carbons (Fsp3) is 0.600. The Balaban J connectivity index is 1.49. The summed E-state index contributed by atoms with van der Waals surface area (Å²) in [5.41, 5.74) is 0.476. The number of piperidine rings is 3. The van der Waals surface area contributed by atoms with Gasteiger partial charge >= 0.3 is 5.97 Å². The van der Waals surface area contributed by atoms with Gasteiger partial charge in [0.25, 0.3) is 0 Å². The van der Waals surface area contributed by atoms with Crippen molar-refractivity contribution in [2.75, 3.05) is 13.1 Å². The molecular weight excluding hydrogens is 276 g/mol. The van der Waals surface area contributed by atoms with Crippen molar-refractivity contribution in [1.82, 2.24) is 9.88 Å². The largest absolute Gasteiger partial charge is 0.442 e. The molecule has 3 aliphatic heterocycles. The van der Waals surface area contributed by atoms with Crippen molar-refractivity contribution < 1.29 is 9.53 Å². The normalized spacial score (nSPS) is 38.0. The second kappa shape index (κ2) is 4.71. The molecule has 0 amide bonds. The zero-order chi connectivity index (χ0) is 13.7. The minimum atomic E-state index is -0.286. The van der Waals surface area contributed by atoms with E-state index >= 15 is 0 Å². The molecule has 4 nitrogen and oxygen atoms in total. The Bertz CT molecular complexity index is 503. The number of aromatic nitrogens is 1. The third-order valence-corrected chi connectivity index (χ3v) is 5.10. The molecule has 1 aromatic rings. The summed E-state index contributed by atoms with van der Waals surface area (Å²) in [5.74, 6) is 1.87. The van der Waals surface area contributed by atoms with E-state index in [-0.39, 0.29) is 12.2 Å². The lowest BCUT2D eigenvalue weighted by Crippen LogP contribution is -2.60. The number of ether oxygens (including phenoxy) is 1. The van der Waals surface area contributed by atoms with Crippen molar-refractivity contribution in [1.29, 1.82) is 0 Å². The number of carbonyl (C=O) groups is 1. The second-order valence-electron chi connectivity index (χ2n) is 6.32. The van der Waals surface area contributed by atoms with Crippen LogP contribution in [-0.4, -0.2) is 35.2 Å². The number of hydrogen-bond acceptors (Lipinski definition) is 4. The number of hydrogen-bond donors (Lipinski definition) is 0. The molecule has 4 aliphatic rings. The van der Waals surface area contributed by atoms with Gasteiger partial charge in [0, 0.05) is 25.2 Å². The molecule has 0 N–H and O–H groups in total. The molecular formula is C15H17ClN2O2. The van der Waals surface area contributed by atoms with Crippen molar-refractivity contribution in [2.24, 2.45) is 17.8 Å². The quantitative estimate of drug-likeness (QED) is 0.621. The van der Waals surface area contributed by atoms with Gasteiger partial charge in [-0.05, 0) is 43.2 Å². The van der Waals surface area contributed by atoms with Crippen molar-refractivity contribution in [3.8, 4) is 0 Å². The molecule has 5 rings (SSSR count). The highest BCUT2D eigenvalue weighted by atomic mass is 35.5. The van der Waals surface area contributed by atoms with E-state index in [0.29, 0.717) is 16.6 Å². The molecule has 5 heteroatoms. The molecule has 1 aromatic heterocycles. The minimum Gasteiger partial charge on any atom is -0.442 e. The van der Waals surface area contributed by atoms with Gasteiger partial charge in [-0.2, -0.15) is 0 Å². The molecule has 20 heavy (non-hydrogen) atoms. The zero-order valence-electron chi connectivity index (χ0n) is 11.2. The average Bonchev–Trinajstić information content (AvgIpc) is 2.42. The van der Waals surface area contributed by atoms with Crippen LogP contribution >= 0.6 is 11.6 Å². The molecule has 0 spiro atoms. The Kier molecular flexibility index (Phi) is 2.97. The Labute approximate surface area is 123 Å². The SMILES string of the molecule is O=C(O[C@H]1C2C[C@@H]3C[C@@H](C2)CN1C3)c1ccc(Cl)nc1. The molecule has 106 valence electrons. The lowest BCUT2D eigenvalue weighted by Gasteiger charge is -2.55. The molecule has 4 bridgehead atoms. The van der Waals surface area contributed by atoms with Crippen molar-refractivity contribution in [3.63, 3.8) is 0 Å². The van der Waals surface area contributed by atoms with Gasteiger partial charge in [-0.25, -0.2) is 9.78 Å². The molecule has 4 fully saturated rings. The standard InChI is InChI=1S/C15H17ClN2O2/c16-13-2-1-11(6-17-13)15(19)20-14-12-4-9-3-10(5-12)8-18(14)7-9/h1-2,6,9-10,12,14H,3-5,7-8H2/t9-,10-,14-/m0/s1. The van der Waals surface area contributed by atoms with E-state index in [4.69, 9.17) is 16.3 Å². The van der Waals surface area contributed by atoms with E-state index in [9.17, 15) is 4.79 Å². The Hall–Kier alpha value is -1.13. The van der Waals surface area contributed by atoms with Crippen LogP contribution in [-0.2, 0) is 4.74 Å². The summed E-state index contributed by atoms with van der Waals surface area (Å²) in [6, 6.07) is 3.29. The highest BCUT2D eigenvalue weighted by molar-refractivity contribution is 6.29. The molecule has 0 radical (unpaired) electrons. The lowest BCUT2D eigenvalue weighted by atomic mass is 9.67. The van der Waals surface area contributed by atoms with Gasteiger partial charge in [-0.1, -0.05) is 11.6 Å². The average molecular weight is 293 g/mol. The number of halogens is 1. The smallest absolute Gasteiger partial charge is 0.341 e. The zero-order valence-corrected chi connectivity index (χ0v) is 11.9. The number of carbonyl (C=O) groups excluding carboxylic acids is 1. The van der Waals surface area contributed by atoms with Gasteiger partial charge < -0.3 is 4.74 Å². The highest BCUT2D eigenvalue weighted by Crippen LogP contribution is 2.46. The summed E-state index contributed by atoms with van der Waals surface area (Å²) >= 11 is 5.74. The lowest BCUT2D eigenvalue weighted by molar-refractivity contribution is -0.159. The molecule has 1 aliphatic carbocycles. The van der Waals surface area contributed by atoms with Crippen LogP contribution in [0.1, 0.15) is 29.6 Å². The van der Waals surface area contributed by atoms with Crippen molar-refractivity contribution in [2.45, 2.75) is 25.5 Å². The summed E-state index contributed by atoms with van der Waals surface area (Å²) in [4.78, 5) is 18.5. The van der Waals surface area contributed by atoms with Crippen LogP contribution in [0.3, 0.4) is 0 Å². The molecule has 1 saturated carbocycles. The van der Waals surface area contributed by atoms with Gasteiger partial charge in [0.2, 0.25) is 0 Å². The maximum atomic E-state index is 12.2. The van der Waals surface area contributed by atoms with E-state index in [1.54, 1.807) is 12.1 Å². The van der Waals surface area contributed by atoms with E-state index < -0.39 is 0 Å². The fourth-order valence-electron chi connectivity index (χ4n) is 4.24. The third-order valence-electron chi connectivity index (χ3n) is 4.88. The van der Waals surface area contributed by atoms with Crippen molar-refractivity contribution in [3.05, 3.63) is 29.0 Å². The number of pyridine rings is 1. The molecule has 0 unspecified atom stereocenters. The van der Waals surface area contributed by atoms with Gasteiger partial charge in [-0.3, -0.25) is 4.90 Å². The van der Waals surface area contributed by atoms with E-state index in [1.807, 2.05) is 0 Å². The molecule has 4 heterocycles. The summed E-state index contributed by atoms with van der Waals surface area (Å²) in [6.07, 6.45) is 5.24. The predicted octanol–water partition coefficient (Wildman–Crippen LogP) is 2.58. The summed E-state index contributed by atoms with van der Waals surface area (Å²) in [5, 5.41) is 0.389. The first-order chi connectivity index (χ1) is 9.69. The van der Waals surface area contributed by atoms with Crippen molar-refractivity contribution >= 4 is 17.6 Å². The summed E-state index contributed by atoms with van der Waals surface area (Å²) in [6.45, 7) is 2.17. The Morgan fingerprint density at radius 2 is 2.00 bits per heavy atom. The summed E-state index contributed by atoms with van der Waals surface area (Å²) in [7, 11) is 0. The van der Waals surface area contributed by atoms with Crippen LogP contribution in [0.2, 0.25) is 5.15 Å². The maximum absolute atomic E-state index is 12.2. The first-order valence-corrected chi connectivity index (χ1v) is 7.63. The van der Waals surface area contributed by atoms with E-state index in [0.717, 1.165) is 24.9 Å². The Morgan fingerprint density at radius 3 is 2.60 bits per heavy atom. The molecule has 0 aromatic carbocycles. The van der Waals surface area contributed by atoms with Gasteiger partial charge in [0.1, 0.15) is 5.15 Å². The van der Waals surface area contributed by atoms with E-state index in [1.165, 1.54) is 25.5 Å². The fourth-order valence-corrected chi connectivity index (χ4v) is 4.35. The van der Waals surface area contributed by atoms with Crippen LogP contribution in [0.5, 0.6) is 0 Å². The third kappa shape index (κ3) is 2.11. The first-order valence-electron chi connectivity index (χ1n) is 7.25. The van der Waals surface area contributed by atoms with Gasteiger partial charge in [0.05, 0.1) is 5.56 Å². The van der Waals surface area contributed by atoms with Crippen LogP contribution in [0.25, 0.3) is 0 Å². The Morgan fingerprint density at radius 1 is 1.25 bits per heavy atom. The molecule has 3 saturated heterocycles. The first kappa shape index (κ1) is 12.6. The monoisotopic (exact) mass is 292 g/mol.